The van der Waals surface area contributed by atoms with E-state index in [0.29, 0.717) is 17.4 Å². The minimum absolute atomic E-state index is 0.0576. The standard InChI is InChI=1S/C53H101N2O6P/c1-6-8-10-12-14-16-18-20-22-24-26-27-29-31-33-35-37-39-41-43-45-47-53(57)54-51(50-61-62(58,59)60-49-48-55(3,4)5)52(56)46-44-42-40-38-36-34-32-30-28-25-23-21-19-17-15-13-11-9-7-2/h18,20,24,26,29,31,44,46,51-52,56H,6-17,19,21-23,25,27-28,30,32-43,45,47-50H2,1-5H3,(H-,54,57,58,59)/p+1/b20-18-,26-24-,31-29-,46-44+. The number of aliphatic hydroxyl groups excluding tert-OH is 1. The Labute approximate surface area is 384 Å². The third-order valence-electron chi connectivity index (χ3n) is 11.5. The number of allylic oxidation sites excluding steroid dienone is 7. The highest BCUT2D eigenvalue weighted by Gasteiger charge is 2.27. The quantitative estimate of drug-likeness (QED) is 0.0243. The fraction of sp³-hybridized carbons (Fsp3) is 0.830. The van der Waals surface area contributed by atoms with Crippen molar-refractivity contribution in [2.45, 2.75) is 244 Å². The van der Waals surface area contributed by atoms with E-state index >= 15 is 0 Å². The lowest BCUT2D eigenvalue weighted by molar-refractivity contribution is -0.870. The first-order valence-corrected chi connectivity index (χ1v) is 27.5. The Hall–Kier alpha value is -1.54. The molecular formula is C53H102N2O6P+. The van der Waals surface area contributed by atoms with Crippen molar-refractivity contribution in [1.82, 2.24) is 5.32 Å². The fourth-order valence-corrected chi connectivity index (χ4v) is 8.14. The molecule has 0 rings (SSSR count). The van der Waals surface area contributed by atoms with Crippen LogP contribution in [-0.2, 0) is 18.4 Å². The summed E-state index contributed by atoms with van der Waals surface area (Å²) < 4.78 is 23.6. The van der Waals surface area contributed by atoms with Crippen LogP contribution in [-0.4, -0.2) is 73.4 Å². The molecule has 0 aromatic carbocycles. The van der Waals surface area contributed by atoms with Crippen LogP contribution < -0.4 is 5.32 Å². The lowest BCUT2D eigenvalue weighted by atomic mass is 10.0. The molecule has 8 nitrogen and oxygen atoms in total. The van der Waals surface area contributed by atoms with E-state index in [4.69, 9.17) is 9.05 Å². The van der Waals surface area contributed by atoms with E-state index in [9.17, 15) is 19.4 Å². The zero-order valence-electron chi connectivity index (χ0n) is 41.4. The van der Waals surface area contributed by atoms with Crippen LogP contribution in [0.1, 0.15) is 232 Å². The van der Waals surface area contributed by atoms with Gasteiger partial charge in [-0.15, -0.1) is 0 Å². The van der Waals surface area contributed by atoms with Gasteiger partial charge in [0.15, 0.2) is 0 Å². The van der Waals surface area contributed by atoms with Crippen molar-refractivity contribution in [2.24, 2.45) is 0 Å². The lowest BCUT2D eigenvalue weighted by Gasteiger charge is -2.25. The van der Waals surface area contributed by atoms with Gasteiger partial charge in [-0.05, 0) is 57.8 Å². The van der Waals surface area contributed by atoms with E-state index < -0.39 is 20.0 Å². The molecule has 62 heavy (non-hydrogen) atoms. The number of amides is 1. The van der Waals surface area contributed by atoms with Crippen molar-refractivity contribution in [3.63, 3.8) is 0 Å². The molecule has 0 spiro atoms. The summed E-state index contributed by atoms with van der Waals surface area (Å²) in [6, 6.07) is -0.855. The predicted molar refractivity (Wildman–Crippen MR) is 267 cm³/mol. The van der Waals surface area contributed by atoms with Crippen LogP contribution in [0.15, 0.2) is 48.6 Å². The number of rotatable bonds is 47. The number of phosphoric ester groups is 1. The third kappa shape index (κ3) is 46.5. The number of hydrogen-bond donors (Lipinski definition) is 3. The monoisotopic (exact) mass is 894 g/mol. The number of hydrogen-bond acceptors (Lipinski definition) is 5. The first-order valence-electron chi connectivity index (χ1n) is 26.0. The van der Waals surface area contributed by atoms with Crippen molar-refractivity contribution in [1.29, 1.82) is 0 Å². The molecule has 0 aliphatic heterocycles. The molecule has 0 saturated carbocycles. The summed E-state index contributed by atoms with van der Waals surface area (Å²) >= 11 is 0. The topological polar surface area (TPSA) is 105 Å². The van der Waals surface area contributed by atoms with Gasteiger partial charge >= 0.3 is 7.82 Å². The van der Waals surface area contributed by atoms with Crippen LogP contribution in [0.2, 0.25) is 0 Å². The number of nitrogens with one attached hydrogen (secondary N) is 1. The first-order chi connectivity index (χ1) is 30.0. The van der Waals surface area contributed by atoms with Gasteiger partial charge in [0, 0.05) is 6.42 Å². The smallest absolute Gasteiger partial charge is 0.387 e. The van der Waals surface area contributed by atoms with Gasteiger partial charge in [-0.1, -0.05) is 217 Å². The molecule has 3 unspecified atom stereocenters. The number of unbranched alkanes of at least 4 members (excludes halogenated alkanes) is 28. The zero-order valence-corrected chi connectivity index (χ0v) is 42.3. The second-order valence-electron chi connectivity index (χ2n) is 18.9. The predicted octanol–water partition coefficient (Wildman–Crippen LogP) is 15.2. The highest BCUT2D eigenvalue weighted by molar-refractivity contribution is 7.47. The van der Waals surface area contributed by atoms with Crippen LogP contribution in [0, 0.1) is 0 Å². The maximum absolute atomic E-state index is 12.9. The summed E-state index contributed by atoms with van der Waals surface area (Å²) in [6.45, 7) is 4.81. The number of quaternary nitrogens is 1. The summed E-state index contributed by atoms with van der Waals surface area (Å²) in [5, 5.41) is 13.9. The molecule has 0 saturated heterocycles. The van der Waals surface area contributed by atoms with Gasteiger partial charge in [0.2, 0.25) is 5.91 Å². The maximum atomic E-state index is 12.9. The molecule has 364 valence electrons. The molecule has 0 heterocycles. The molecule has 9 heteroatoms. The van der Waals surface area contributed by atoms with Gasteiger partial charge < -0.3 is 19.8 Å². The summed E-state index contributed by atoms with van der Waals surface area (Å²) in [5.74, 6) is -0.189. The van der Waals surface area contributed by atoms with E-state index in [-0.39, 0.29) is 19.1 Å². The Morgan fingerprint density at radius 3 is 1.34 bits per heavy atom. The summed E-state index contributed by atoms with van der Waals surface area (Å²) in [6.07, 6.45) is 57.5. The van der Waals surface area contributed by atoms with E-state index in [2.05, 4.69) is 55.6 Å². The summed E-state index contributed by atoms with van der Waals surface area (Å²) in [4.78, 5) is 23.2. The van der Waals surface area contributed by atoms with Crippen LogP contribution in [0.4, 0.5) is 0 Å². The number of aliphatic hydroxyl groups is 1. The Morgan fingerprint density at radius 2 is 0.919 bits per heavy atom. The highest BCUT2D eigenvalue weighted by Crippen LogP contribution is 2.43. The average Bonchev–Trinajstić information content (AvgIpc) is 3.23. The molecule has 3 atom stereocenters. The second kappa shape index (κ2) is 44.7. The van der Waals surface area contributed by atoms with Gasteiger partial charge in [-0.2, -0.15) is 0 Å². The highest BCUT2D eigenvalue weighted by atomic mass is 31.2. The van der Waals surface area contributed by atoms with Crippen LogP contribution in [0.3, 0.4) is 0 Å². The SMILES string of the molecule is CCCCCCC/C=C\C/C=C\C/C=C\CCCCCCCCC(=O)NC(COP(=O)(O)OCC[N+](C)(C)C)C(O)/C=C/CCCCCCCCCCCCCCCCCCC. The van der Waals surface area contributed by atoms with Crippen molar-refractivity contribution < 1.29 is 32.9 Å². The molecule has 0 aromatic heterocycles. The fourth-order valence-electron chi connectivity index (χ4n) is 7.40. The molecule has 0 aliphatic carbocycles. The zero-order chi connectivity index (χ0) is 45.7. The van der Waals surface area contributed by atoms with Gasteiger partial charge in [-0.25, -0.2) is 4.57 Å². The molecule has 0 radical (unpaired) electrons. The van der Waals surface area contributed by atoms with E-state index in [0.717, 1.165) is 64.2 Å². The van der Waals surface area contributed by atoms with E-state index in [1.807, 2.05) is 27.2 Å². The first kappa shape index (κ1) is 60.5. The largest absolute Gasteiger partial charge is 0.472 e. The molecule has 0 aliphatic rings. The second-order valence-corrected chi connectivity index (χ2v) is 20.4. The number of nitrogens with zero attached hydrogens (tertiary/aromatic N) is 1. The third-order valence-corrected chi connectivity index (χ3v) is 12.5. The van der Waals surface area contributed by atoms with Crippen molar-refractivity contribution in [3.8, 4) is 0 Å². The van der Waals surface area contributed by atoms with Crippen LogP contribution in [0.5, 0.6) is 0 Å². The van der Waals surface area contributed by atoms with E-state index in [1.165, 1.54) is 148 Å². The van der Waals surface area contributed by atoms with Crippen molar-refractivity contribution >= 4 is 13.7 Å². The Morgan fingerprint density at radius 1 is 0.548 bits per heavy atom. The summed E-state index contributed by atoms with van der Waals surface area (Å²) in [5.41, 5.74) is 0. The summed E-state index contributed by atoms with van der Waals surface area (Å²) in [7, 11) is 1.56. The molecule has 1 amide bonds. The average molecular weight is 894 g/mol. The van der Waals surface area contributed by atoms with Gasteiger partial charge in [0.25, 0.3) is 0 Å². The van der Waals surface area contributed by atoms with Crippen LogP contribution in [0.25, 0.3) is 0 Å². The van der Waals surface area contributed by atoms with Crippen LogP contribution >= 0.6 is 7.82 Å². The van der Waals surface area contributed by atoms with Gasteiger partial charge in [0.1, 0.15) is 13.2 Å². The minimum Gasteiger partial charge on any atom is -0.387 e. The van der Waals surface area contributed by atoms with E-state index in [1.54, 1.807) is 6.08 Å². The number of phosphoric acid groups is 1. The Kier molecular flexibility index (Phi) is 43.5. The molecule has 3 N–H and O–H groups in total. The molecule has 0 fully saturated rings. The molecule has 0 bridgehead atoms. The van der Waals surface area contributed by atoms with Gasteiger partial charge in [-0.3, -0.25) is 13.8 Å². The minimum atomic E-state index is -4.35. The number of carbonyl (C=O) groups excluding carboxylic acids is 1. The lowest BCUT2D eigenvalue weighted by Crippen LogP contribution is -2.45. The van der Waals surface area contributed by atoms with Crippen molar-refractivity contribution in [3.05, 3.63) is 48.6 Å². The Balaban J connectivity index is 4.35. The Bertz CT molecular complexity index is 1150. The normalized spacial score (nSPS) is 14.5. The number of likely N-dealkylation sites (N-methyl/N-ethyl adjacent to an activating group) is 1. The van der Waals surface area contributed by atoms with Gasteiger partial charge in [0.05, 0.1) is 39.9 Å². The van der Waals surface area contributed by atoms with Crippen molar-refractivity contribution in [2.75, 3.05) is 40.9 Å². The number of carbonyl (C=O) groups is 1. The maximum Gasteiger partial charge on any atom is 0.472 e. The molecule has 0 aromatic rings. The molecular weight excluding hydrogens is 792 g/mol.